The molecule has 1 atom stereocenters. The van der Waals surface area contributed by atoms with Crippen LogP contribution >= 0.6 is 0 Å². The van der Waals surface area contributed by atoms with Crippen LogP contribution < -0.4 is 0 Å². The largest absolute Gasteiger partial charge is 0.462 e. The molecule has 0 amide bonds. The molecule has 0 heterocycles. The Kier molecular flexibility index (Phi) is 51.3. The first kappa shape index (κ1) is 61.6. The predicted octanol–water partition coefficient (Wildman–Crippen LogP) is 18.5. The summed E-state index contributed by atoms with van der Waals surface area (Å²) in [6, 6.07) is 0. The molecule has 6 heteroatoms. The molecule has 0 spiro atoms. The first-order valence-electron chi connectivity index (χ1n) is 28.0. The molecule has 0 aromatic rings. The fourth-order valence-electron chi connectivity index (χ4n) is 8.12. The zero-order valence-electron chi connectivity index (χ0n) is 42.8. The van der Waals surface area contributed by atoms with E-state index in [1.807, 2.05) is 0 Å². The number of unbranched alkanes of at least 4 members (excludes halogenated alkanes) is 34. The van der Waals surface area contributed by atoms with Crippen molar-refractivity contribution in [3.05, 3.63) is 36.5 Å². The monoisotopic (exact) mass is 899 g/mol. The van der Waals surface area contributed by atoms with Gasteiger partial charge in [-0.3, -0.25) is 14.4 Å². The number of esters is 3. The second-order valence-corrected chi connectivity index (χ2v) is 18.8. The minimum atomic E-state index is -0.779. The third-order valence-electron chi connectivity index (χ3n) is 12.3. The SMILES string of the molecule is CCC/C=C\C/C=C\CCCCCCCC(=O)OCC(COC(=O)CCCCCCCCCCCCCCCCCCCCC)OC(=O)CCCCCCC/C=C\CCCCCCC. The van der Waals surface area contributed by atoms with Crippen molar-refractivity contribution in [3.8, 4) is 0 Å². The van der Waals surface area contributed by atoms with E-state index in [-0.39, 0.29) is 31.1 Å². The average Bonchev–Trinajstić information content (AvgIpc) is 3.29. The quantitative estimate of drug-likeness (QED) is 0.0262. The Hall–Kier alpha value is -2.37. The Morgan fingerprint density at radius 3 is 0.938 bits per heavy atom. The summed E-state index contributed by atoms with van der Waals surface area (Å²) in [6.45, 7) is 6.58. The summed E-state index contributed by atoms with van der Waals surface area (Å²) in [5.41, 5.74) is 0. The maximum atomic E-state index is 12.8. The number of hydrogen-bond acceptors (Lipinski definition) is 6. The highest BCUT2D eigenvalue weighted by Gasteiger charge is 2.19. The summed E-state index contributed by atoms with van der Waals surface area (Å²) in [4.78, 5) is 38.1. The van der Waals surface area contributed by atoms with Crippen LogP contribution in [-0.2, 0) is 28.6 Å². The molecular formula is C58H106O6. The molecule has 0 saturated heterocycles. The van der Waals surface area contributed by atoms with Gasteiger partial charge in [0.15, 0.2) is 6.10 Å². The van der Waals surface area contributed by atoms with Gasteiger partial charge in [0.2, 0.25) is 0 Å². The molecule has 374 valence electrons. The molecule has 0 aliphatic heterocycles. The van der Waals surface area contributed by atoms with E-state index in [0.717, 1.165) is 89.9 Å². The fraction of sp³-hybridized carbons (Fsp3) is 0.845. The van der Waals surface area contributed by atoms with Crippen molar-refractivity contribution >= 4 is 17.9 Å². The minimum absolute atomic E-state index is 0.0767. The number of rotatable bonds is 51. The van der Waals surface area contributed by atoms with Gasteiger partial charge < -0.3 is 14.2 Å². The molecule has 0 aromatic carbocycles. The van der Waals surface area contributed by atoms with E-state index in [4.69, 9.17) is 14.2 Å². The lowest BCUT2D eigenvalue weighted by Gasteiger charge is -2.18. The molecular weight excluding hydrogens is 793 g/mol. The zero-order valence-corrected chi connectivity index (χ0v) is 42.8. The van der Waals surface area contributed by atoms with E-state index in [0.29, 0.717) is 19.3 Å². The van der Waals surface area contributed by atoms with E-state index in [9.17, 15) is 14.4 Å². The maximum absolute atomic E-state index is 12.8. The number of carbonyl (C=O) groups excluding carboxylic acids is 3. The Morgan fingerprint density at radius 1 is 0.312 bits per heavy atom. The van der Waals surface area contributed by atoms with Gasteiger partial charge in [-0.1, -0.05) is 243 Å². The molecule has 64 heavy (non-hydrogen) atoms. The normalized spacial score (nSPS) is 12.2. The molecule has 0 aliphatic carbocycles. The Balaban J connectivity index is 4.32. The van der Waals surface area contributed by atoms with Crippen LogP contribution in [0.2, 0.25) is 0 Å². The lowest BCUT2D eigenvalue weighted by molar-refractivity contribution is -0.167. The fourth-order valence-corrected chi connectivity index (χ4v) is 8.12. The second-order valence-electron chi connectivity index (χ2n) is 18.8. The van der Waals surface area contributed by atoms with E-state index >= 15 is 0 Å². The van der Waals surface area contributed by atoms with Gasteiger partial charge >= 0.3 is 17.9 Å². The number of ether oxygens (including phenoxy) is 3. The maximum Gasteiger partial charge on any atom is 0.306 e. The van der Waals surface area contributed by atoms with Crippen LogP contribution in [0, 0.1) is 0 Å². The molecule has 0 rings (SSSR count). The lowest BCUT2D eigenvalue weighted by Crippen LogP contribution is -2.30. The van der Waals surface area contributed by atoms with E-state index in [1.165, 1.54) is 167 Å². The first-order chi connectivity index (χ1) is 31.5. The lowest BCUT2D eigenvalue weighted by atomic mass is 10.0. The zero-order chi connectivity index (χ0) is 46.5. The first-order valence-corrected chi connectivity index (χ1v) is 28.0. The van der Waals surface area contributed by atoms with Crippen molar-refractivity contribution in [1.29, 1.82) is 0 Å². The smallest absolute Gasteiger partial charge is 0.306 e. The molecule has 0 bridgehead atoms. The van der Waals surface area contributed by atoms with Crippen LogP contribution in [0.3, 0.4) is 0 Å². The van der Waals surface area contributed by atoms with Crippen molar-refractivity contribution in [3.63, 3.8) is 0 Å². The summed E-state index contributed by atoms with van der Waals surface area (Å²) in [7, 11) is 0. The third-order valence-corrected chi connectivity index (χ3v) is 12.3. The standard InChI is InChI=1S/C58H106O6/c1-4-7-10-13-16-19-22-25-27-28-29-30-31-34-36-39-42-45-48-51-57(60)63-54-55(53-62-56(59)50-47-44-41-38-35-32-24-21-18-15-12-9-6-3)64-58(61)52-49-46-43-40-37-33-26-23-20-17-14-11-8-5-2/h12,15,21,23-24,26,55H,4-11,13-14,16-20,22,25,27-54H2,1-3H3/b15-12-,24-21-,26-23-. The molecule has 0 saturated carbocycles. The number of carbonyl (C=O) groups is 3. The molecule has 0 radical (unpaired) electrons. The van der Waals surface area contributed by atoms with Crippen molar-refractivity contribution < 1.29 is 28.6 Å². The van der Waals surface area contributed by atoms with Crippen LogP contribution in [0.5, 0.6) is 0 Å². The highest BCUT2D eigenvalue weighted by atomic mass is 16.6. The number of hydrogen-bond donors (Lipinski definition) is 0. The van der Waals surface area contributed by atoms with Gasteiger partial charge in [0.05, 0.1) is 0 Å². The van der Waals surface area contributed by atoms with Crippen molar-refractivity contribution in [2.24, 2.45) is 0 Å². The van der Waals surface area contributed by atoms with Crippen molar-refractivity contribution in [1.82, 2.24) is 0 Å². The van der Waals surface area contributed by atoms with Crippen LogP contribution in [-0.4, -0.2) is 37.2 Å². The molecule has 1 unspecified atom stereocenters. The Morgan fingerprint density at radius 2 is 0.594 bits per heavy atom. The summed E-state index contributed by atoms with van der Waals surface area (Å²) in [5.74, 6) is -0.886. The average molecular weight is 899 g/mol. The van der Waals surface area contributed by atoms with Gasteiger partial charge in [-0.25, -0.2) is 0 Å². The van der Waals surface area contributed by atoms with Gasteiger partial charge in [0.1, 0.15) is 13.2 Å². The third kappa shape index (κ3) is 50.6. The highest BCUT2D eigenvalue weighted by Crippen LogP contribution is 2.16. The predicted molar refractivity (Wildman–Crippen MR) is 275 cm³/mol. The van der Waals surface area contributed by atoms with E-state index in [2.05, 4.69) is 57.2 Å². The highest BCUT2D eigenvalue weighted by molar-refractivity contribution is 5.71. The molecule has 0 aromatic heterocycles. The molecule has 6 nitrogen and oxygen atoms in total. The van der Waals surface area contributed by atoms with Crippen molar-refractivity contribution in [2.75, 3.05) is 13.2 Å². The van der Waals surface area contributed by atoms with Crippen LogP contribution in [0.1, 0.15) is 297 Å². The topological polar surface area (TPSA) is 78.9 Å². The van der Waals surface area contributed by atoms with Gasteiger partial charge in [0.25, 0.3) is 0 Å². The summed E-state index contributed by atoms with van der Waals surface area (Å²) >= 11 is 0. The van der Waals surface area contributed by atoms with Crippen LogP contribution in [0.15, 0.2) is 36.5 Å². The summed E-state index contributed by atoms with van der Waals surface area (Å²) in [6.07, 6.45) is 62.8. The van der Waals surface area contributed by atoms with E-state index in [1.54, 1.807) is 0 Å². The molecule has 0 aliphatic rings. The second kappa shape index (κ2) is 53.2. The van der Waals surface area contributed by atoms with Crippen molar-refractivity contribution in [2.45, 2.75) is 303 Å². The van der Waals surface area contributed by atoms with Crippen LogP contribution in [0.4, 0.5) is 0 Å². The summed E-state index contributed by atoms with van der Waals surface area (Å²) < 4.78 is 16.8. The molecule has 0 fully saturated rings. The van der Waals surface area contributed by atoms with E-state index < -0.39 is 6.10 Å². The van der Waals surface area contributed by atoms with Gasteiger partial charge in [0, 0.05) is 19.3 Å². The Labute approximate surface area is 397 Å². The summed E-state index contributed by atoms with van der Waals surface area (Å²) in [5, 5.41) is 0. The molecule has 0 N–H and O–H groups in total. The van der Waals surface area contributed by atoms with Gasteiger partial charge in [-0.2, -0.15) is 0 Å². The van der Waals surface area contributed by atoms with Gasteiger partial charge in [-0.15, -0.1) is 0 Å². The minimum Gasteiger partial charge on any atom is -0.462 e. The van der Waals surface area contributed by atoms with Gasteiger partial charge in [-0.05, 0) is 70.6 Å². The van der Waals surface area contributed by atoms with Crippen LogP contribution in [0.25, 0.3) is 0 Å². The number of allylic oxidation sites excluding steroid dienone is 6. The Bertz CT molecular complexity index is 1080.